The first kappa shape index (κ1) is 14.8. The quantitative estimate of drug-likeness (QED) is 0.664. The maximum absolute atomic E-state index is 12.1. The lowest BCUT2D eigenvalue weighted by molar-refractivity contribution is -0.386. The molecule has 1 aliphatic rings. The molecule has 0 spiro atoms. The Morgan fingerprint density at radius 2 is 2.24 bits per heavy atom. The number of hydrogen-bond donors (Lipinski definition) is 1. The first-order chi connectivity index (χ1) is 9.90. The SMILES string of the molecule is Cc1ccc([N+](=O)[O-])c(O[C@@H](C)C(=O)N2CCNC2=O)c1. The molecular weight excluding hydrogens is 278 g/mol. The van der Waals surface area contributed by atoms with Gasteiger partial charge in [-0.1, -0.05) is 6.07 Å². The van der Waals surface area contributed by atoms with Gasteiger partial charge in [-0.3, -0.25) is 19.8 Å². The van der Waals surface area contributed by atoms with E-state index in [0.29, 0.717) is 6.54 Å². The molecule has 0 radical (unpaired) electrons. The zero-order valence-electron chi connectivity index (χ0n) is 11.7. The molecule has 3 amide bonds. The number of amides is 3. The van der Waals surface area contributed by atoms with Gasteiger partial charge in [0, 0.05) is 19.2 Å². The Morgan fingerprint density at radius 3 is 2.81 bits per heavy atom. The van der Waals surface area contributed by atoms with E-state index in [1.807, 2.05) is 0 Å². The van der Waals surface area contributed by atoms with Gasteiger partial charge >= 0.3 is 11.7 Å². The summed E-state index contributed by atoms with van der Waals surface area (Å²) in [5.74, 6) is -0.513. The van der Waals surface area contributed by atoms with E-state index in [2.05, 4.69) is 5.32 Å². The summed E-state index contributed by atoms with van der Waals surface area (Å²) in [5.41, 5.74) is 0.556. The lowest BCUT2D eigenvalue weighted by Gasteiger charge is -2.19. The van der Waals surface area contributed by atoms with Crippen LogP contribution in [0.4, 0.5) is 10.5 Å². The molecule has 0 saturated carbocycles. The van der Waals surface area contributed by atoms with Crippen LogP contribution in [0.3, 0.4) is 0 Å². The molecule has 1 aliphatic heterocycles. The van der Waals surface area contributed by atoms with Crippen LogP contribution in [0.25, 0.3) is 0 Å². The predicted molar refractivity (Wildman–Crippen MR) is 73.0 cm³/mol. The molecule has 21 heavy (non-hydrogen) atoms. The van der Waals surface area contributed by atoms with Crippen molar-refractivity contribution in [3.8, 4) is 5.75 Å². The molecule has 1 heterocycles. The molecule has 0 aliphatic carbocycles. The summed E-state index contributed by atoms with van der Waals surface area (Å²) in [4.78, 5) is 34.9. The van der Waals surface area contributed by atoms with Crippen molar-refractivity contribution in [3.05, 3.63) is 33.9 Å². The standard InChI is InChI=1S/C13H15N3O5/c1-8-3-4-10(16(19)20)11(7-8)21-9(2)12(17)15-6-5-14-13(15)18/h3-4,7,9H,5-6H2,1-2H3,(H,14,18)/t9-/m0/s1. The van der Waals surface area contributed by atoms with Crippen LogP contribution < -0.4 is 10.1 Å². The maximum atomic E-state index is 12.1. The summed E-state index contributed by atoms with van der Waals surface area (Å²) in [6.45, 7) is 3.88. The van der Waals surface area contributed by atoms with E-state index in [0.717, 1.165) is 10.5 Å². The van der Waals surface area contributed by atoms with Crippen molar-refractivity contribution < 1.29 is 19.2 Å². The van der Waals surface area contributed by atoms with E-state index < -0.39 is 23.0 Å². The highest BCUT2D eigenvalue weighted by atomic mass is 16.6. The number of ether oxygens (including phenoxy) is 1. The Hall–Kier alpha value is -2.64. The van der Waals surface area contributed by atoms with Crippen molar-refractivity contribution in [2.75, 3.05) is 13.1 Å². The number of nitrogens with one attached hydrogen (secondary N) is 1. The Bertz CT molecular complexity index is 601. The van der Waals surface area contributed by atoms with Crippen molar-refractivity contribution in [2.24, 2.45) is 0 Å². The van der Waals surface area contributed by atoms with E-state index in [9.17, 15) is 19.7 Å². The molecule has 1 N–H and O–H groups in total. The number of nitro benzene ring substituents is 1. The van der Waals surface area contributed by atoms with Gasteiger partial charge in [-0.05, 0) is 25.5 Å². The summed E-state index contributed by atoms with van der Waals surface area (Å²) in [5, 5.41) is 13.5. The van der Waals surface area contributed by atoms with Gasteiger partial charge in [0.15, 0.2) is 11.9 Å². The van der Waals surface area contributed by atoms with Gasteiger partial charge in [0.1, 0.15) is 0 Å². The minimum Gasteiger partial charge on any atom is -0.474 e. The number of nitro groups is 1. The first-order valence-electron chi connectivity index (χ1n) is 6.41. The zero-order chi connectivity index (χ0) is 15.6. The van der Waals surface area contributed by atoms with Crippen LogP contribution in [-0.2, 0) is 4.79 Å². The topological polar surface area (TPSA) is 102 Å². The zero-order valence-corrected chi connectivity index (χ0v) is 11.7. The molecule has 8 nitrogen and oxygen atoms in total. The normalized spacial score (nSPS) is 15.5. The second-order valence-electron chi connectivity index (χ2n) is 4.71. The second kappa shape index (κ2) is 5.78. The van der Waals surface area contributed by atoms with Gasteiger partial charge in [0.2, 0.25) is 0 Å². The molecule has 1 aromatic rings. The number of urea groups is 1. The van der Waals surface area contributed by atoms with Gasteiger partial charge in [-0.25, -0.2) is 4.79 Å². The maximum Gasteiger partial charge on any atom is 0.324 e. The van der Waals surface area contributed by atoms with Crippen molar-refractivity contribution >= 4 is 17.6 Å². The molecule has 1 atom stereocenters. The highest BCUT2D eigenvalue weighted by Crippen LogP contribution is 2.28. The van der Waals surface area contributed by atoms with Crippen LogP contribution in [0.15, 0.2) is 18.2 Å². The molecular formula is C13H15N3O5. The van der Waals surface area contributed by atoms with E-state index in [-0.39, 0.29) is 18.0 Å². The smallest absolute Gasteiger partial charge is 0.324 e. The number of carbonyl (C=O) groups excluding carboxylic acids is 2. The molecule has 0 bridgehead atoms. The summed E-state index contributed by atoms with van der Waals surface area (Å²) in [7, 11) is 0. The van der Waals surface area contributed by atoms with Crippen LogP contribution in [0, 0.1) is 17.0 Å². The molecule has 0 aromatic heterocycles. The second-order valence-corrected chi connectivity index (χ2v) is 4.71. The van der Waals surface area contributed by atoms with E-state index in [1.165, 1.54) is 19.1 Å². The van der Waals surface area contributed by atoms with Crippen LogP contribution in [0.5, 0.6) is 5.75 Å². The number of benzene rings is 1. The molecule has 2 rings (SSSR count). The molecule has 1 aromatic carbocycles. The minimum absolute atomic E-state index is 0.0143. The monoisotopic (exact) mass is 293 g/mol. The summed E-state index contributed by atoms with van der Waals surface area (Å²) in [6.07, 6.45) is -0.991. The summed E-state index contributed by atoms with van der Waals surface area (Å²) >= 11 is 0. The number of aryl methyl sites for hydroxylation is 1. The fraction of sp³-hybridized carbons (Fsp3) is 0.385. The average molecular weight is 293 g/mol. The lowest BCUT2D eigenvalue weighted by Crippen LogP contribution is -2.42. The Morgan fingerprint density at radius 1 is 1.52 bits per heavy atom. The minimum atomic E-state index is -0.991. The van der Waals surface area contributed by atoms with Crippen LogP contribution in [-0.4, -0.2) is 41.0 Å². The first-order valence-corrected chi connectivity index (χ1v) is 6.41. The van der Waals surface area contributed by atoms with Gasteiger partial charge < -0.3 is 10.1 Å². The fourth-order valence-corrected chi connectivity index (χ4v) is 2.01. The van der Waals surface area contributed by atoms with Crippen molar-refractivity contribution in [1.29, 1.82) is 0 Å². The predicted octanol–water partition coefficient (Wildman–Crippen LogP) is 1.22. The van der Waals surface area contributed by atoms with E-state index >= 15 is 0 Å². The van der Waals surface area contributed by atoms with Crippen molar-refractivity contribution in [1.82, 2.24) is 10.2 Å². The Labute approximate surface area is 120 Å². The van der Waals surface area contributed by atoms with Gasteiger partial charge in [-0.2, -0.15) is 0 Å². The molecule has 112 valence electrons. The van der Waals surface area contributed by atoms with Crippen LogP contribution in [0.1, 0.15) is 12.5 Å². The third kappa shape index (κ3) is 3.10. The van der Waals surface area contributed by atoms with Crippen molar-refractivity contribution in [3.63, 3.8) is 0 Å². The number of imide groups is 1. The largest absolute Gasteiger partial charge is 0.474 e. The fourth-order valence-electron chi connectivity index (χ4n) is 2.01. The molecule has 8 heteroatoms. The lowest BCUT2D eigenvalue weighted by atomic mass is 10.2. The number of rotatable bonds is 4. The van der Waals surface area contributed by atoms with Crippen molar-refractivity contribution in [2.45, 2.75) is 20.0 Å². The Kier molecular flexibility index (Phi) is 4.06. The highest BCUT2D eigenvalue weighted by Gasteiger charge is 2.31. The summed E-state index contributed by atoms with van der Waals surface area (Å²) in [6, 6.07) is 3.93. The van der Waals surface area contributed by atoms with Gasteiger partial charge in [0.05, 0.1) is 4.92 Å². The number of carbonyl (C=O) groups is 2. The van der Waals surface area contributed by atoms with E-state index in [4.69, 9.17) is 4.74 Å². The van der Waals surface area contributed by atoms with Gasteiger partial charge in [0.25, 0.3) is 5.91 Å². The number of nitrogens with zero attached hydrogens (tertiary/aromatic N) is 2. The van der Waals surface area contributed by atoms with Gasteiger partial charge in [-0.15, -0.1) is 0 Å². The third-order valence-corrected chi connectivity index (χ3v) is 3.09. The van der Waals surface area contributed by atoms with Crippen LogP contribution >= 0.6 is 0 Å². The number of hydrogen-bond acceptors (Lipinski definition) is 5. The molecule has 1 saturated heterocycles. The molecule has 0 unspecified atom stereocenters. The summed E-state index contributed by atoms with van der Waals surface area (Å²) < 4.78 is 5.40. The Balaban J connectivity index is 2.17. The third-order valence-electron chi connectivity index (χ3n) is 3.09. The van der Waals surface area contributed by atoms with Crippen LogP contribution in [0.2, 0.25) is 0 Å². The van der Waals surface area contributed by atoms with E-state index in [1.54, 1.807) is 13.0 Å². The highest BCUT2D eigenvalue weighted by molar-refractivity contribution is 5.97. The molecule has 1 fully saturated rings. The average Bonchev–Trinajstić information content (AvgIpc) is 2.83.